The Morgan fingerprint density at radius 3 is 1.92 bits per heavy atom. The summed E-state index contributed by atoms with van der Waals surface area (Å²) in [7, 11) is 0. The smallest absolute Gasteiger partial charge is 0.135 e. The largest absolute Gasteiger partial charge is 0.491 e. The van der Waals surface area contributed by atoms with Gasteiger partial charge in [-0.15, -0.1) is 0 Å². The maximum Gasteiger partial charge on any atom is 0.135 e. The van der Waals surface area contributed by atoms with Crippen molar-refractivity contribution in [1.29, 1.82) is 0 Å². The van der Waals surface area contributed by atoms with E-state index in [9.17, 15) is 0 Å². The first kappa shape index (κ1) is 19.2. The topological polar surface area (TPSA) is 18.5 Å². The van der Waals surface area contributed by atoms with Crippen LogP contribution in [-0.2, 0) is 6.42 Å². The van der Waals surface area contributed by atoms with E-state index in [2.05, 4.69) is 61.9 Å². The number of ether oxygens (including phenoxy) is 2. The quantitative estimate of drug-likeness (QED) is 0.329. The zero-order valence-electron chi connectivity index (χ0n) is 15.7. The van der Waals surface area contributed by atoms with Crippen molar-refractivity contribution in [3.8, 4) is 11.5 Å². The van der Waals surface area contributed by atoms with Crippen molar-refractivity contribution in [2.75, 3.05) is 37.2 Å². The van der Waals surface area contributed by atoms with Gasteiger partial charge in [0.1, 0.15) is 11.5 Å². The van der Waals surface area contributed by atoms with Crippen LogP contribution in [0, 0.1) is 0 Å². The molecule has 0 amide bonds. The monoisotopic (exact) mass is 386 g/mol. The number of fused-ring (bicyclic) bond motifs is 2. The van der Waals surface area contributed by atoms with E-state index in [4.69, 9.17) is 9.47 Å². The van der Waals surface area contributed by atoms with E-state index in [1.54, 1.807) is 23.5 Å². The van der Waals surface area contributed by atoms with E-state index in [1.807, 2.05) is 0 Å². The van der Waals surface area contributed by atoms with Crippen molar-refractivity contribution in [2.45, 2.75) is 13.3 Å². The number of thioether (sulfide) groups is 2. The molecule has 0 N–H and O–H groups in total. The van der Waals surface area contributed by atoms with Crippen molar-refractivity contribution in [1.82, 2.24) is 0 Å². The summed E-state index contributed by atoms with van der Waals surface area (Å²) < 4.78 is 12.6. The number of benzene rings is 3. The molecule has 2 nitrogen and oxygen atoms in total. The molecule has 138 valence electrons. The number of hydrogen-bond acceptors (Lipinski definition) is 4. The Labute approximate surface area is 164 Å². The average Bonchev–Trinajstić information content (AvgIpc) is 2.69. The molecule has 0 saturated heterocycles. The molecular formula is C22H26O2S2. The molecule has 26 heavy (non-hydrogen) atoms. The van der Waals surface area contributed by atoms with Gasteiger partial charge in [-0.05, 0) is 24.5 Å². The molecule has 3 aromatic rings. The molecule has 0 saturated carbocycles. The normalized spacial score (nSPS) is 11.2. The predicted octanol–water partition coefficient (Wildman–Crippen LogP) is 6.04. The lowest BCUT2D eigenvalue weighted by atomic mass is 9.96. The van der Waals surface area contributed by atoms with E-state index >= 15 is 0 Å². The highest BCUT2D eigenvalue weighted by Crippen LogP contribution is 2.44. The van der Waals surface area contributed by atoms with Crippen LogP contribution in [0.1, 0.15) is 12.5 Å². The highest BCUT2D eigenvalue weighted by molar-refractivity contribution is 7.98. The summed E-state index contributed by atoms with van der Waals surface area (Å²) in [6.07, 6.45) is 5.19. The highest BCUT2D eigenvalue weighted by atomic mass is 32.2. The minimum Gasteiger partial charge on any atom is -0.491 e. The molecule has 0 aromatic heterocycles. The second-order valence-electron chi connectivity index (χ2n) is 6.08. The van der Waals surface area contributed by atoms with Gasteiger partial charge in [-0.3, -0.25) is 0 Å². The standard InChI is InChI=1S/C22H26O2S2/c1-4-16-8-7-11-19-20(16)22(24-13-15-26-3)18-10-6-5-9-17(18)21(19)23-12-14-25-2/h5-11H,4,12-15H2,1-3H3. The Balaban J connectivity index is 2.26. The molecule has 0 heterocycles. The first-order valence-electron chi connectivity index (χ1n) is 9.01. The molecule has 0 aliphatic carbocycles. The summed E-state index contributed by atoms with van der Waals surface area (Å²) in [6.45, 7) is 3.62. The molecule has 3 aromatic carbocycles. The van der Waals surface area contributed by atoms with Crippen LogP contribution in [0.15, 0.2) is 42.5 Å². The molecule has 0 unspecified atom stereocenters. The Morgan fingerprint density at radius 1 is 0.731 bits per heavy atom. The van der Waals surface area contributed by atoms with Gasteiger partial charge < -0.3 is 9.47 Å². The van der Waals surface area contributed by atoms with E-state index < -0.39 is 0 Å². The van der Waals surface area contributed by atoms with Crippen LogP contribution in [0.25, 0.3) is 21.5 Å². The lowest BCUT2D eigenvalue weighted by molar-refractivity contribution is 0.346. The number of aryl methyl sites for hydroxylation is 1. The van der Waals surface area contributed by atoms with Crippen molar-refractivity contribution in [3.05, 3.63) is 48.0 Å². The molecule has 0 fully saturated rings. The molecule has 0 bridgehead atoms. The third-order valence-corrected chi connectivity index (χ3v) is 5.64. The Bertz CT molecular complexity index is 877. The molecule has 0 aliphatic rings. The van der Waals surface area contributed by atoms with Crippen LogP contribution in [-0.4, -0.2) is 37.2 Å². The fourth-order valence-corrected chi connectivity index (χ4v) is 3.77. The van der Waals surface area contributed by atoms with Gasteiger partial charge >= 0.3 is 0 Å². The summed E-state index contributed by atoms with van der Waals surface area (Å²) in [4.78, 5) is 0. The summed E-state index contributed by atoms with van der Waals surface area (Å²) in [5.74, 6) is 3.95. The van der Waals surface area contributed by atoms with Gasteiger partial charge in [-0.1, -0.05) is 49.4 Å². The Morgan fingerprint density at radius 2 is 1.31 bits per heavy atom. The maximum absolute atomic E-state index is 6.32. The van der Waals surface area contributed by atoms with Gasteiger partial charge in [0.25, 0.3) is 0 Å². The first-order valence-corrected chi connectivity index (χ1v) is 11.8. The molecule has 0 aliphatic heterocycles. The SMILES string of the molecule is CCc1cccc2c(OCCSC)c3ccccc3c(OCCSC)c12. The maximum atomic E-state index is 6.32. The molecule has 0 atom stereocenters. The fourth-order valence-electron chi connectivity index (χ4n) is 3.27. The van der Waals surface area contributed by atoms with Gasteiger partial charge in [0.15, 0.2) is 0 Å². The molecule has 4 heteroatoms. The van der Waals surface area contributed by atoms with Crippen LogP contribution in [0.4, 0.5) is 0 Å². The Kier molecular flexibility index (Phi) is 6.98. The lowest BCUT2D eigenvalue weighted by Crippen LogP contribution is -2.05. The van der Waals surface area contributed by atoms with Crippen LogP contribution >= 0.6 is 23.5 Å². The van der Waals surface area contributed by atoms with Crippen LogP contribution in [0.2, 0.25) is 0 Å². The van der Waals surface area contributed by atoms with Crippen molar-refractivity contribution >= 4 is 45.1 Å². The van der Waals surface area contributed by atoms with Crippen LogP contribution < -0.4 is 9.47 Å². The second kappa shape index (κ2) is 9.43. The number of hydrogen-bond donors (Lipinski definition) is 0. The van der Waals surface area contributed by atoms with Crippen molar-refractivity contribution < 1.29 is 9.47 Å². The second-order valence-corrected chi connectivity index (χ2v) is 8.05. The summed E-state index contributed by atoms with van der Waals surface area (Å²) >= 11 is 3.61. The summed E-state index contributed by atoms with van der Waals surface area (Å²) in [6, 6.07) is 14.9. The number of rotatable bonds is 9. The molecule has 0 spiro atoms. The molecule has 3 rings (SSSR count). The Hall–Kier alpha value is -1.52. The minimum absolute atomic E-state index is 0.712. The zero-order chi connectivity index (χ0) is 18.4. The first-order chi connectivity index (χ1) is 12.8. The van der Waals surface area contributed by atoms with Gasteiger partial charge in [-0.25, -0.2) is 0 Å². The van der Waals surface area contributed by atoms with E-state index in [0.29, 0.717) is 13.2 Å². The van der Waals surface area contributed by atoms with Crippen molar-refractivity contribution in [3.63, 3.8) is 0 Å². The van der Waals surface area contributed by atoms with Gasteiger partial charge in [0.2, 0.25) is 0 Å². The summed E-state index contributed by atoms with van der Waals surface area (Å²) in [5, 5.41) is 4.63. The zero-order valence-corrected chi connectivity index (χ0v) is 17.3. The minimum atomic E-state index is 0.712. The van der Waals surface area contributed by atoms with E-state index in [-0.39, 0.29) is 0 Å². The van der Waals surface area contributed by atoms with E-state index in [1.165, 1.54) is 10.9 Å². The van der Waals surface area contributed by atoms with Crippen LogP contribution in [0.3, 0.4) is 0 Å². The third kappa shape index (κ3) is 3.91. The average molecular weight is 387 g/mol. The lowest BCUT2D eigenvalue weighted by Gasteiger charge is -2.19. The predicted molar refractivity (Wildman–Crippen MR) is 119 cm³/mol. The molecular weight excluding hydrogens is 360 g/mol. The van der Waals surface area contributed by atoms with Gasteiger partial charge in [0.05, 0.1) is 13.2 Å². The van der Waals surface area contributed by atoms with Crippen molar-refractivity contribution in [2.24, 2.45) is 0 Å². The van der Waals surface area contributed by atoms with E-state index in [0.717, 1.165) is 45.6 Å². The summed E-state index contributed by atoms with van der Waals surface area (Å²) in [5.41, 5.74) is 1.31. The fraction of sp³-hybridized carbons (Fsp3) is 0.364. The van der Waals surface area contributed by atoms with Crippen LogP contribution in [0.5, 0.6) is 11.5 Å². The molecule has 0 radical (unpaired) electrons. The highest BCUT2D eigenvalue weighted by Gasteiger charge is 2.18. The van der Waals surface area contributed by atoms with Gasteiger partial charge in [0, 0.05) is 33.1 Å². The van der Waals surface area contributed by atoms with Gasteiger partial charge in [-0.2, -0.15) is 23.5 Å². The third-order valence-electron chi connectivity index (χ3n) is 4.49.